The highest BCUT2D eigenvalue weighted by Crippen LogP contribution is 2.30. The number of rotatable bonds is 4. The van der Waals surface area contributed by atoms with Crippen molar-refractivity contribution in [3.8, 4) is 11.5 Å². The lowest BCUT2D eigenvalue weighted by molar-refractivity contribution is -0.128. The topological polar surface area (TPSA) is 50.8 Å². The van der Waals surface area contributed by atoms with Gasteiger partial charge in [-0.05, 0) is 56.6 Å². The summed E-state index contributed by atoms with van der Waals surface area (Å²) in [5.41, 5.74) is 1.63. The van der Waals surface area contributed by atoms with Crippen LogP contribution in [0.1, 0.15) is 18.4 Å². The van der Waals surface area contributed by atoms with E-state index in [2.05, 4.69) is 5.32 Å². The summed E-state index contributed by atoms with van der Waals surface area (Å²) in [7, 11) is 3.62. The van der Waals surface area contributed by atoms with Crippen LogP contribution >= 0.6 is 0 Å². The molecule has 3 rings (SSSR count). The SMILES string of the molecule is CNCC1CCN(C(=O)C2=Cc3cc(OC)ccc3OC2)CC1. The Morgan fingerprint density at radius 1 is 1.39 bits per heavy atom. The van der Waals surface area contributed by atoms with E-state index in [4.69, 9.17) is 9.47 Å². The van der Waals surface area contributed by atoms with Crippen LogP contribution in [0.3, 0.4) is 0 Å². The van der Waals surface area contributed by atoms with E-state index >= 15 is 0 Å². The number of nitrogens with zero attached hydrogens (tertiary/aromatic N) is 1. The number of carbonyl (C=O) groups excluding carboxylic acids is 1. The van der Waals surface area contributed by atoms with Gasteiger partial charge in [0.2, 0.25) is 0 Å². The Hall–Kier alpha value is -2.01. The summed E-state index contributed by atoms with van der Waals surface area (Å²) in [5, 5.41) is 3.22. The quantitative estimate of drug-likeness (QED) is 0.922. The van der Waals surface area contributed by atoms with Gasteiger partial charge in [-0.15, -0.1) is 0 Å². The van der Waals surface area contributed by atoms with Crippen LogP contribution in [0.4, 0.5) is 0 Å². The molecular formula is C18H24N2O3. The summed E-state index contributed by atoms with van der Waals surface area (Å²) in [4.78, 5) is 14.7. The molecule has 1 N–H and O–H groups in total. The molecule has 0 unspecified atom stereocenters. The van der Waals surface area contributed by atoms with Gasteiger partial charge in [0.25, 0.3) is 5.91 Å². The largest absolute Gasteiger partial charge is 0.497 e. The molecule has 0 aliphatic carbocycles. The molecule has 5 nitrogen and oxygen atoms in total. The maximum Gasteiger partial charge on any atom is 0.253 e. The standard InChI is InChI=1S/C18H24N2O3/c1-19-11-13-5-7-20(8-6-13)18(21)15-9-14-10-16(22-2)3-4-17(14)23-12-15/h3-4,9-10,13,19H,5-8,11-12H2,1-2H3. The summed E-state index contributed by atoms with van der Waals surface area (Å²) in [6, 6.07) is 5.65. The van der Waals surface area contributed by atoms with Crippen LogP contribution in [0, 0.1) is 5.92 Å². The first-order valence-electron chi connectivity index (χ1n) is 8.16. The number of methoxy groups -OCH3 is 1. The zero-order valence-electron chi connectivity index (χ0n) is 13.8. The van der Waals surface area contributed by atoms with E-state index in [1.807, 2.05) is 36.2 Å². The van der Waals surface area contributed by atoms with E-state index in [-0.39, 0.29) is 5.91 Å². The van der Waals surface area contributed by atoms with Crippen molar-refractivity contribution in [2.24, 2.45) is 5.92 Å². The fourth-order valence-electron chi connectivity index (χ4n) is 3.24. The van der Waals surface area contributed by atoms with Crippen molar-refractivity contribution in [3.63, 3.8) is 0 Å². The number of piperidine rings is 1. The molecule has 1 saturated heterocycles. The first-order valence-corrected chi connectivity index (χ1v) is 8.16. The van der Waals surface area contributed by atoms with Gasteiger partial charge in [0, 0.05) is 18.7 Å². The number of benzene rings is 1. The van der Waals surface area contributed by atoms with Gasteiger partial charge in [-0.25, -0.2) is 0 Å². The third-order valence-corrected chi connectivity index (χ3v) is 4.60. The second kappa shape index (κ2) is 7.04. The highest BCUT2D eigenvalue weighted by Gasteiger charge is 2.26. The third-order valence-electron chi connectivity index (χ3n) is 4.60. The monoisotopic (exact) mass is 316 g/mol. The molecule has 0 bridgehead atoms. The van der Waals surface area contributed by atoms with Crippen molar-refractivity contribution >= 4 is 12.0 Å². The predicted octanol–water partition coefficient (Wildman–Crippen LogP) is 1.93. The van der Waals surface area contributed by atoms with Crippen LogP contribution in [0.5, 0.6) is 11.5 Å². The van der Waals surface area contributed by atoms with Gasteiger partial charge in [-0.3, -0.25) is 4.79 Å². The number of amides is 1. The van der Waals surface area contributed by atoms with Gasteiger partial charge in [0.1, 0.15) is 18.1 Å². The number of nitrogens with one attached hydrogen (secondary N) is 1. The smallest absolute Gasteiger partial charge is 0.253 e. The average Bonchev–Trinajstić information content (AvgIpc) is 2.61. The van der Waals surface area contributed by atoms with Crippen molar-refractivity contribution in [2.75, 3.05) is 40.4 Å². The summed E-state index contributed by atoms with van der Waals surface area (Å²) in [6.45, 7) is 3.02. The van der Waals surface area contributed by atoms with E-state index in [1.54, 1.807) is 7.11 Å². The van der Waals surface area contributed by atoms with Gasteiger partial charge >= 0.3 is 0 Å². The molecule has 2 aliphatic rings. The summed E-state index contributed by atoms with van der Waals surface area (Å²) < 4.78 is 11.0. The van der Waals surface area contributed by atoms with E-state index in [0.29, 0.717) is 12.5 Å². The van der Waals surface area contributed by atoms with E-state index in [1.165, 1.54) is 0 Å². The van der Waals surface area contributed by atoms with Gasteiger partial charge < -0.3 is 19.7 Å². The van der Waals surface area contributed by atoms with Crippen LogP contribution < -0.4 is 14.8 Å². The van der Waals surface area contributed by atoms with Crippen molar-refractivity contribution in [3.05, 3.63) is 29.3 Å². The molecule has 2 heterocycles. The minimum absolute atomic E-state index is 0.0985. The number of hydrogen-bond acceptors (Lipinski definition) is 4. The van der Waals surface area contributed by atoms with Crippen LogP contribution in [0.15, 0.2) is 23.8 Å². The number of hydrogen-bond donors (Lipinski definition) is 1. The first-order chi connectivity index (χ1) is 11.2. The minimum atomic E-state index is 0.0985. The highest BCUT2D eigenvalue weighted by atomic mass is 16.5. The highest BCUT2D eigenvalue weighted by molar-refractivity contribution is 5.99. The van der Waals surface area contributed by atoms with Crippen LogP contribution in [-0.4, -0.2) is 51.2 Å². The van der Waals surface area contributed by atoms with Gasteiger partial charge in [-0.1, -0.05) is 0 Å². The Bertz CT molecular complexity index is 604. The Kier molecular flexibility index (Phi) is 4.86. The molecular weight excluding hydrogens is 292 g/mol. The molecule has 1 aromatic rings. The Labute approximate surface area is 137 Å². The lowest BCUT2D eigenvalue weighted by Gasteiger charge is -2.33. The van der Waals surface area contributed by atoms with Crippen molar-refractivity contribution < 1.29 is 14.3 Å². The van der Waals surface area contributed by atoms with E-state index in [9.17, 15) is 4.79 Å². The van der Waals surface area contributed by atoms with Crippen LogP contribution in [-0.2, 0) is 4.79 Å². The maximum absolute atomic E-state index is 12.7. The lowest BCUT2D eigenvalue weighted by atomic mass is 9.96. The molecule has 0 aromatic heterocycles. The summed E-state index contributed by atoms with van der Waals surface area (Å²) in [6.07, 6.45) is 4.06. The average molecular weight is 316 g/mol. The molecule has 23 heavy (non-hydrogen) atoms. The Morgan fingerprint density at radius 2 is 2.17 bits per heavy atom. The molecule has 124 valence electrons. The minimum Gasteiger partial charge on any atom is -0.497 e. The molecule has 0 spiro atoms. The second-order valence-corrected chi connectivity index (χ2v) is 6.16. The maximum atomic E-state index is 12.7. The van der Waals surface area contributed by atoms with Crippen molar-refractivity contribution in [1.82, 2.24) is 10.2 Å². The van der Waals surface area contributed by atoms with E-state index < -0.39 is 0 Å². The summed E-state index contributed by atoms with van der Waals surface area (Å²) >= 11 is 0. The normalized spacial score (nSPS) is 18.0. The van der Waals surface area contributed by atoms with Crippen LogP contribution in [0.2, 0.25) is 0 Å². The number of likely N-dealkylation sites (tertiary alicyclic amines) is 1. The number of ether oxygens (including phenoxy) is 2. The Balaban J connectivity index is 1.69. The lowest BCUT2D eigenvalue weighted by Crippen LogP contribution is -2.42. The summed E-state index contributed by atoms with van der Waals surface area (Å²) in [5.74, 6) is 2.34. The fraction of sp³-hybridized carbons (Fsp3) is 0.500. The van der Waals surface area contributed by atoms with Gasteiger partial charge in [0.15, 0.2) is 0 Å². The molecule has 2 aliphatic heterocycles. The van der Waals surface area contributed by atoms with Gasteiger partial charge in [0.05, 0.1) is 12.7 Å². The molecule has 1 aromatic carbocycles. The number of carbonyl (C=O) groups is 1. The molecule has 0 radical (unpaired) electrons. The Morgan fingerprint density at radius 3 is 2.87 bits per heavy atom. The van der Waals surface area contributed by atoms with E-state index in [0.717, 1.165) is 55.1 Å². The molecule has 5 heteroatoms. The molecule has 0 atom stereocenters. The zero-order valence-corrected chi connectivity index (χ0v) is 13.8. The first kappa shape index (κ1) is 15.9. The fourth-order valence-corrected chi connectivity index (χ4v) is 3.24. The second-order valence-electron chi connectivity index (χ2n) is 6.16. The third kappa shape index (κ3) is 3.50. The van der Waals surface area contributed by atoms with Crippen LogP contribution in [0.25, 0.3) is 6.08 Å². The predicted molar refractivity (Wildman–Crippen MR) is 89.7 cm³/mol. The number of fused-ring (bicyclic) bond motifs is 1. The van der Waals surface area contributed by atoms with Crippen molar-refractivity contribution in [1.29, 1.82) is 0 Å². The zero-order chi connectivity index (χ0) is 16.2. The van der Waals surface area contributed by atoms with Gasteiger partial charge in [-0.2, -0.15) is 0 Å². The molecule has 1 amide bonds. The van der Waals surface area contributed by atoms with Crippen molar-refractivity contribution in [2.45, 2.75) is 12.8 Å². The molecule has 1 fully saturated rings. The molecule has 0 saturated carbocycles.